The molecule has 0 aromatic heterocycles. The lowest BCUT2D eigenvalue weighted by Gasteiger charge is -2.07. The monoisotopic (exact) mass is 341 g/mol. The van der Waals surface area contributed by atoms with E-state index >= 15 is 0 Å². The Bertz CT molecular complexity index is 601. The van der Waals surface area contributed by atoms with Crippen molar-refractivity contribution in [3.63, 3.8) is 0 Å². The minimum Gasteiger partial charge on any atom is -0.322 e. The van der Waals surface area contributed by atoms with Crippen LogP contribution in [0.2, 0.25) is 0 Å². The third-order valence-electron chi connectivity index (χ3n) is 2.54. The summed E-state index contributed by atoms with van der Waals surface area (Å²) >= 11 is 8.88. The fraction of sp³-hybridized carbons (Fsp3) is 0.0714. The van der Waals surface area contributed by atoms with Crippen molar-refractivity contribution >= 4 is 39.1 Å². The van der Waals surface area contributed by atoms with Gasteiger partial charge in [0, 0.05) is 16.0 Å². The molecule has 2 nitrogen and oxygen atoms in total. The number of carbonyl (C=O) groups is 1. The Morgan fingerprint density at radius 1 is 1.21 bits per heavy atom. The molecule has 0 aliphatic heterocycles. The second kappa shape index (κ2) is 6.17. The number of rotatable bonds is 3. The first kappa shape index (κ1) is 14.0. The van der Waals surface area contributed by atoms with Gasteiger partial charge in [-0.05, 0) is 35.9 Å². The highest BCUT2D eigenvalue weighted by Gasteiger charge is 2.12. The largest absolute Gasteiger partial charge is 0.322 e. The molecule has 0 heterocycles. The topological polar surface area (TPSA) is 29.1 Å². The van der Waals surface area contributed by atoms with Gasteiger partial charge in [0.15, 0.2) is 0 Å². The van der Waals surface area contributed by atoms with Gasteiger partial charge in [0.1, 0.15) is 5.82 Å². The summed E-state index contributed by atoms with van der Waals surface area (Å²) in [6.07, 6.45) is 0. The summed E-state index contributed by atoms with van der Waals surface area (Å²) in [6, 6.07) is 11.3. The van der Waals surface area contributed by atoms with Gasteiger partial charge in [-0.1, -0.05) is 28.1 Å². The van der Waals surface area contributed by atoms with E-state index in [4.69, 9.17) is 11.6 Å². The van der Waals surface area contributed by atoms with E-state index in [2.05, 4.69) is 21.2 Å². The van der Waals surface area contributed by atoms with Crippen LogP contribution in [0.5, 0.6) is 0 Å². The predicted molar refractivity (Wildman–Crippen MR) is 78.1 cm³/mol. The van der Waals surface area contributed by atoms with Crippen LogP contribution in [0.25, 0.3) is 0 Å². The molecule has 2 aromatic rings. The first-order valence-corrected chi connectivity index (χ1v) is 6.84. The normalized spacial score (nSPS) is 10.3. The Kier molecular flexibility index (Phi) is 4.56. The Hall–Kier alpha value is -1.39. The molecule has 0 saturated carbocycles. The van der Waals surface area contributed by atoms with Gasteiger partial charge >= 0.3 is 0 Å². The number of amides is 1. The van der Waals surface area contributed by atoms with Crippen molar-refractivity contribution in [3.8, 4) is 0 Å². The highest BCUT2D eigenvalue weighted by Crippen LogP contribution is 2.18. The lowest BCUT2D eigenvalue weighted by molar-refractivity contribution is 0.102. The van der Waals surface area contributed by atoms with Crippen LogP contribution < -0.4 is 5.32 Å². The molecule has 0 unspecified atom stereocenters. The van der Waals surface area contributed by atoms with Crippen molar-refractivity contribution < 1.29 is 9.18 Å². The quantitative estimate of drug-likeness (QED) is 0.813. The molecule has 0 aliphatic carbocycles. The zero-order valence-corrected chi connectivity index (χ0v) is 12.1. The molecular weight excluding hydrogens is 333 g/mol. The van der Waals surface area contributed by atoms with Gasteiger partial charge in [-0.15, -0.1) is 11.6 Å². The molecule has 0 bridgehead atoms. The zero-order chi connectivity index (χ0) is 13.8. The SMILES string of the molecule is O=C(Nc1ccc(CCl)cc1)c1cc(Br)ccc1F. The van der Waals surface area contributed by atoms with E-state index in [9.17, 15) is 9.18 Å². The number of benzene rings is 2. The van der Waals surface area contributed by atoms with Gasteiger partial charge in [-0.3, -0.25) is 4.79 Å². The molecular formula is C14H10BrClFNO. The number of hydrogen-bond donors (Lipinski definition) is 1. The first-order chi connectivity index (χ1) is 9.10. The summed E-state index contributed by atoms with van der Waals surface area (Å²) in [5.74, 6) is -0.635. The lowest BCUT2D eigenvalue weighted by Crippen LogP contribution is -2.13. The van der Waals surface area contributed by atoms with E-state index in [0.29, 0.717) is 16.0 Å². The fourth-order valence-electron chi connectivity index (χ4n) is 1.55. The second-order valence-corrected chi connectivity index (χ2v) is 5.09. The van der Waals surface area contributed by atoms with Gasteiger partial charge < -0.3 is 5.32 Å². The lowest BCUT2D eigenvalue weighted by atomic mass is 10.2. The van der Waals surface area contributed by atoms with Crippen LogP contribution in [0.15, 0.2) is 46.9 Å². The molecule has 1 N–H and O–H groups in total. The van der Waals surface area contributed by atoms with Crippen molar-refractivity contribution in [2.24, 2.45) is 0 Å². The third kappa shape index (κ3) is 3.55. The molecule has 2 aromatic carbocycles. The third-order valence-corrected chi connectivity index (χ3v) is 3.34. The van der Waals surface area contributed by atoms with Crippen molar-refractivity contribution in [1.29, 1.82) is 0 Å². The summed E-state index contributed by atoms with van der Waals surface area (Å²) < 4.78 is 14.2. The minimum absolute atomic E-state index is 0.00389. The molecule has 0 saturated heterocycles. The van der Waals surface area contributed by atoms with Crippen LogP contribution in [0, 0.1) is 5.82 Å². The fourth-order valence-corrected chi connectivity index (χ4v) is 2.09. The van der Waals surface area contributed by atoms with Crippen molar-refractivity contribution in [1.82, 2.24) is 0 Å². The average molecular weight is 343 g/mol. The van der Waals surface area contributed by atoms with Crippen molar-refractivity contribution in [2.75, 3.05) is 5.32 Å². The van der Waals surface area contributed by atoms with E-state index in [1.807, 2.05) is 0 Å². The Labute approximate surface area is 123 Å². The molecule has 1 amide bonds. The van der Waals surface area contributed by atoms with Crippen molar-refractivity contribution in [2.45, 2.75) is 5.88 Å². The molecule has 0 fully saturated rings. The van der Waals surface area contributed by atoms with E-state index < -0.39 is 11.7 Å². The van der Waals surface area contributed by atoms with E-state index in [-0.39, 0.29) is 5.56 Å². The molecule has 0 radical (unpaired) electrons. The Morgan fingerprint density at radius 2 is 1.89 bits per heavy atom. The minimum atomic E-state index is -0.557. The van der Waals surface area contributed by atoms with Crippen LogP contribution in [-0.2, 0) is 5.88 Å². The van der Waals surface area contributed by atoms with Gasteiger partial charge in [0.2, 0.25) is 0 Å². The maximum absolute atomic E-state index is 13.5. The zero-order valence-electron chi connectivity index (χ0n) is 9.79. The van der Waals surface area contributed by atoms with Crippen LogP contribution >= 0.6 is 27.5 Å². The van der Waals surface area contributed by atoms with Crippen molar-refractivity contribution in [3.05, 3.63) is 63.9 Å². The number of halogens is 3. The Balaban J connectivity index is 2.18. The van der Waals surface area contributed by atoms with Gasteiger partial charge in [-0.25, -0.2) is 4.39 Å². The van der Waals surface area contributed by atoms with Crippen LogP contribution in [0.4, 0.5) is 10.1 Å². The summed E-state index contributed by atoms with van der Waals surface area (Å²) in [6.45, 7) is 0. The van der Waals surface area contributed by atoms with Gasteiger partial charge in [0.05, 0.1) is 5.56 Å². The number of nitrogens with one attached hydrogen (secondary N) is 1. The van der Waals surface area contributed by atoms with Gasteiger partial charge in [0.25, 0.3) is 5.91 Å². The molecule has 98 valence electrons. The summed E-state index contributed by atoms with van der Waals surface area (Å²) in [4.78, 5) is 11.9. The highest BCUT2D eigenvalue weighted by atomic mass is 79.9. The summed E-state index contributed by atoms with van der Waals surface area (Å²) in [7, 11) is 0. The smallest absolute Gasteiger partial charge is 0.258 e. The predicted octanol–water partition coefficient (Wildman–Crippen LogP) is 4.58. The highest BCUT2D eigenvalue weighted by molar-refractivity contribution is 9.10. The molecule has 19 heavy (non-hydrogen) atoms. The second-order valence-electron chi connectivity index (χ2n) is 3.91. The standard InChI is InChI=1S/C14H10BrClFNO/c15-10-3-6-13(17)12(7-10)14(19)18-11-4-1-9(8-16)2-5-11/h1-7H,8H2,(H,18,19). The van der Waals surface area contributed by atoms with Crippen LogP contribution in [0.3, 0.4) is 0 Å². The summed E-state index contributed by atoms with van der Waals surface area (Å²) in [5, 5.41) is 2.63. The number of hydrogen-bond acceptors (Lipinski definition) is 1. The van der Waals surface area contributed by atoms with Gasteiger partial charge in [-0.2, -0.15) is 0 Å². The molecule has 5 heteroatoms. The van der Waals surface area contributed by atoms with E-state index in [0.717, 1.165) is 5.56 Å². The number of anilines is 1. The average Bonchev–Trinajstić information content (AvgIpc) is 2.42. The molecule has 0 atom stereocenters. The summed E-state index contributed by atoms with van der Waals surface area (Å²) in [5.41, 5.74) is 1.54. The van der Waals surface area contributed by atoms with E-state index in [1.54, 1.807) is 30.3 Å². The number of alkyl halides is 1. The maximum atomic E-state index is 13.5. The maximum Gasteiger partial charge on any atom is 0.258 e. The molecule has 2 rings (SSSR count). The van der Waals surface area contributed by atoms with E-state index in [1.165, 1.54) is 12.1 Å². The van der Waals surface area contributed by atoms with Crippen LogP contribution in [-0.4, -0.2) is 5.91 Å². The Morgan fingerprint density at radius 3 is 2.53 bits per heavy atom. The molecule has 0 aliphatic rings. The molecule has 0 spiro atoms. The number of carbonyl (C=O) groups excluding carboxylic acids is 1. The first-order valence-electron chi connectivity index (χ1n) is 5.51. The van der Waals surface area contributed by atoms with Crippen LogP contribution in [0.1, 0.15) is 15.9 Å².